The van der Waals surface area contributed by atoms with Crippen molar-refractivity contribution >= 4 is 23.2 Å². The molecule has 0 atom stereocenters. The van der Waals surface area contributed by atoms with E-state index in [2.05, 4.69) is 46.6 Å². The first kappa shape index (κ1) is 22.6. The number of aryl methyl sites for hydroxylation is 1. The maximum absolute atomic E-state index is 11.9. The van der Waals surface area contributed by atoms with Gasteiger partial charge in [-0.05, 0) is 32.6 Å². The van der Waals surface area contributed by atoms with Crippen molar-refractivity contribution in [2.45, 2.75) is 58.9 Å². The van der Waals surface area contributed by atoms with Crippen LogP contribution in [0.4, 0.5) is 0 Å². The minimum Gasteiger partial charge on any atom is -0.357 e. The molecule has 1 aromatic rings. The quantitative estimate of drug-likeness (QED) is 0.406. The standard InChI is InChI=1S/C20H36N6OS/c1-4-10-22-18(27)15-26-12-8-16(9-13-26)25-20(21-6-3)23-11-7-19-24-14-17(5-2)28-19/h14,16H,4-13,15H2,1-3H3,(H,22,27)(H2,21,23,25). The summed E-state index contributed by atoms with van der Waals surface area (Å²) < 4.78 is 0. The lowest BCUT2D eigenvalue weighted by Gasteiger charge is -2.32. The van der Waals surface area contributed by atoms with Crippen molar-refractivity contribution in [3.63, 3.8) is 0 Å². The van der Waals surface area contributed by atoms with Crippen molar-refractivity contribution < 1.29 is 4.79 Å². The molecule has 0 spiro atoms. The second-order valence-electron chi connectivity index (χ2n) is 7.13. The fourth-order valence-electron chi connectivity index (χ4n) is 3.16. The van der Waals surface area contributed by atoms with E-state index in [1.807, 2.05) is 6.20 Å². The van der Waals surface area contributed by atoms with Crippen LogP contribution in [0.15, 0.2) is 11.2 Å². The first-order valence-electron chi connectivity index (χ1n) is 10.6. The molecule has 1 amide bonds. The van der Waals surface area contributed by atoms with Crippen LogP contribution in [0.25, 0.3) is 0 Å². The lowest BCUT2D eigenvalue weighted by Crippen LogP contribution is -2.50. The molecule has 1 aliphatic rings. The number of aromatic nitrogens is 1. The number of guanidine groups is 1. The topological polar surface area (TPSA) is 81.7 Å². The molecular weight excluding hydrogens is 372 g/mol. The summed E-state index contributed by atoms with van der Waals surface area (Å²) in [5.41, 5.74) is 0. The summed E-state index contributed by atoms with van der Waals surface area (Å²) in [6.07, 6.45) is 6.93. The third kappa shape index (κ3) is 8.14. The molecule has 1 saturated heterocycles. The normalized spacial score (nSPS) is 16.2. The third-order valence-corrected chi connectivity index (χ3v) is 5.96. The van der Waals surface area contributed by atoms with Crippen molar-refractivity contribution in [1.82, 2.24) is 25.8 Å². The predicted octanol–water partition coefficient (Wildman–Crippen LogP) is 1.79. The molecule has 2 rings (SSSR count). The molecule has 0 bridgehead atoms. The number of hydrogen-bond donors (Lipinski definition) is 3. The molecule has 0 saturated carbocycles. The lowest BCUT2D eigenvalue weighted by atomic mass is 10.1. The van der Waals surface area contributed by atoms with Crippen molar-refractivity contribution in [3.05, 3.63) is 16.1 Å². The fourth-order valence-corrected chi connectivity index (χ4v) is 4.01. The van der Waals surface area contributed by atoms with Crippen LogP contribution in [-0.2, 0) is 17.6 Å². The summed E-state index contributed by atoms with van der Waals surface area (Å²) >= 11 is 1.78. The first-order chi connectivity index (χ1) is 13.6. The van der Waals surface area contributed by atoms with E-state index in [4.69, 9.17) is 4.99 Å². The number of aliphatic imine (C=N–C) groups is 1. The Bertz CT molecular complexity index is 610. The number of likely N-dealkylation sites (tertiary alicyclic amines) is 1. The van der Waals surface area contributed by atoms with Crippen LogP contribution in [0.5, 0.6) is 0 Å². The van der Waals surface area contributed by atoms with Gasteiger partial charge in [-0.2, -0.15) is 0 Å². The number of piperidine rings is 1. The largest absolute Gasteiger partial charge is 0.357 e. The van der Waals surface area contributed by atoms with E-state index in [9.17, 15) is 4.79 Å². The highest BCUT2D eigenvalue weighted by molar-refractivity contribution is 7.11. The highest BCUT2D eigenvalue weighted by Crippen LogP contribution is 2.14. The van der Waals surface area contributed by atoms with Gasteiger partial charge in [0, 0.05) is 56.3 Å². The van der Waals surface area contributed by atoms with Gasteiger partial charge in [-0.25, -0.2) is 4.98 Å². The Morgan fingerprint density at radius 2 is 2.07 bits per heavy atom. The van der Waals surface area contributed by atoms with Gasteiger partial charge in [0.1, 0.15) is 0 Å². The molecule has 0 radical (unpaired) electrons. The Morgan fingerprint density at radius 3 is 2.71 bits per heavy atom. The number of nitrogens with one attached hydrogen (secondary N) is 3. The Morgan fingerprint density at radius 1 is 1.29 bits per heavy atom. The minimum absolute atomic E-state index is 0.136. The number of amides is 1. The van der Waals surface area contributed by atoms with E-state index in [1.165, 1.54) is 4.88 Å². The zero-order chi connectivity index (χ0) is 20.2. The highest BCUT2D eigenvalue weighted by atomic mass is 32.1. The molecular formula is C20H36N6OS. The summed E-state index contributed by atoms with van der Waals surface area (Å²) in [5.74, 6) is 1.02. The number of carbonyl (C=O) groups excluding carboxylic acids is 1. The second-order valence-corrected chi connectivity index (χ2v) is 8.33. The number of carbonyl (C=O) groups is 1. The van der Waals surface area contributed by atoms with Gasteiger partial charge in [0.15, 0.2) is 5.96 Å². The molecule has 1 aromatic heterocycles. The molecule has 8 heteroatoms. The number of thiazole rings is 1. The number of nitrogens with zero attached hydrogens (tertiary/aromatic N) is 3. The van der Waals surface area contributed by atoms with Crippen molar-refractivity contribution in [2.75, 3.05) is 39.3 Å². The molecule has 1 aliphatic heterocycles. The van der Waals surface area contributed by atoms with E-state index in [0.29, 0.717) is 12.6 Å². The van der Waals surface area contributed by atoms with Gasteiger partial charge in [-0.3, -0.25) is 14.7 Å². The van der Waals surface area contributed by atoms with E-state index in [-0.39, 0.29) is 5.91 Å². The van der Waals surface area contributed by atoms with Gasteiger partial charge < -0.3 is 16.0 Å². The molecule has 158 valence electrons. The highest BCUT2D eigenvalue weighted by Gasteiger charge is 2.21. The van der Waals surface area contributed by atoms with E-state index in [0.717, 1.165) is 75.8 Å². The minimum atomic E-state index is 0.136. The zero-order valence-corrected chi connectivity index (χ0v) is 18.4. The van der Waals surface area contributed by atoms with Crippen molar-refractivity contribution in [3.8, 4) is 0 Å². The summed E-state index contributed by atoms with van der Waals surface area (Å²) in [5, 5.41) is 11.0. The average molecular weight is 409 g/mol. The molecule has 3 N–H and O–H groups in total. The molecule has 0 aliphatic carbocycles. The first-order valence-corrected chi connectivity index (χ1v) is 11.4. The molecule has 1 fully saturated rings. The Labute approximate surface area is 173 Å². The molecule has 0 unspecified atom stereocenters. The van der Waals surface area contributed by atoms with Gasteiger partial charge >= 0.3 is 0 Å². The van der Waals surface area contributed by atoms with Gasteiger partial charge in [0.05, 0.1) is 11.6 Å². The van der Waals surface area contributed by atoms with Crippen LogP contribution in [0.1, 0.15) is 49.9 Å². The summed E-state index contributed by atoms with van der Waals surface area (Å²) in [4.78, 5) is 24.6. The Hall–Kier alpha value is -1.67. The summed E-state index contributed by atoms with van der Waals surface area (Å²) in [7, 11) is 0. The van der Waals surface area contributed by atoms with Crippen LogP contribution >= 0.6 is 11.3 Å². The molecule has 2 heterocycles. The Balaban J connectivity index is 1.73. The summed E-state index contributed by atoms with van der Waals surface area (Å²) in [6.45, 7) is 11.1. The van der Waals surface area contributed by atoms with E-state index in [1.54, 1.807) is 11.3 Å². The second kappa shape index (κ2) is 12.7. The predicted molar refractivity (Wildman–Crippen MR) is 117 cm³/mol. The van der Waals surface area contributed by atoms with Gasteiger partial charge in [-0.1, -0.05) is 13.8 Å². The van der Waals surface area contributed by atoms with Crippen molar-refractivity contribution in [1.29, 1.82) is 0 Å². The third-order valence-electron chi connectivity index (χ3n) is 4.76. The fraction of sp³-hybridized carbons (Fsp3) is 0.750. The van der Waals surface area contributed by atoms with Crippen LogP contribution in [0.2, 0.25) is 0 Å². The number of rotatable bonds is 10. The maximum Gasteiger partial charge on any atom is 0.234 e. The lowest BCUT2D eigenvalue weighted by molar-refractivity contribution is -0.122. The van der Waals surface area contributed by atoms with Gasteiger partial charge in [-0.15, -0.1) is 11.3 Å². The zero-order valence-electron chi connectivity index (χ0n) is 17.6. The summed E-state index contributed by atoms with van der Waals surface area (Å²) in [6, 6.07) is 0.402. The van der Waals surface area contributed by atoms with E-state index < -0.39 is 0 Å². The average Bonchev–Trinajstić information content (AvgIpc) is 3.16. The van der Waals surface area contributed by atoms with Gasteiger partial charge in [0.25, 0.3) is 0 Å². The molecule has 7 nitrogen and oxygen atoms in total. The van der Waals surface area contributed by atoms with Crippen LogP contribution in [-0.4, -0.2) is 67.1 Å². The van der Waals surface area contributed by atoms with E-state index >= 15 is 0 Å². The number of hydrogen-bond acceptors (Lipinski definition) is 5. The SMILES string of the molecule is CCCNC(=O)CN1CCC(NC(=NCCc2ncc(CC)s2)NCC)CC1. The maximum atomic E-state index is 11.9. The molecule has 28 heavy (non-hydrogen) atoms. The van der Waals surface area contributed by atoms with Crippen molar-refractivity contribution in [2.24, 2.45) is 4.99 Å². The smallest absolute Gasteiger partial charge is 0.234 e. The van der Waals surface area contributed by atoms with Crippen LogP contribution in [0, 0.1) is 0 Å². The molecule has 0 aromatic carbocycles. The van der Waals surface area contributed by atoms with Crippen LogP contribution in [0.3, 0.4) is 0 Å². The van der Waals surface area contributed by atoms with Gasteiger partial charge in [0.2, 0.25) is 5.91 Å². The van der Waals surface area contributed by atoms with Crippen LogP contribution < -0.4 is 16.0 Å². The Kier molecular flexibility index (Phi) is 10.3. The monoisotopic (exact) mass is 408 g/mol.